The molecule has 1 aromatic heterocycles. The molecule has 1 unspecified atom stereocenters. The molecular weight excluding hydrogens is 357 g/mol. The second-order valence-electron chi connectivity index (χ2n) is 7.59. The van der Waals surface area contributed by atoms with Crippen LogP contribution in [0.1, 0.15) is 37.6 Å². The molecule has 3 heterocycles. The topological polar surface area (TPSA) is 52.7 Å². The second-order valence-corrected chi connectivity index (χ2v) is 8.88. The average Bonchev–Trinajstić information content (AvgIpc) is 3.30. The van der Waals surface area contributed by atoms with Crippen molar-refractivity contribution in [2.75, 3.05) is 26.7 Å². The molecule has 1 saturated heterocycles. The number of rotatable bonds is 3. The molecule has 0 saturated carbocycles. The van der Waals surface area contributed by atoms with Crippen LogP contribution in [0.3, 0.4) is 0 Å². The highest BCUT2D eigenvalue weighted by molar-refractivity contribution is 7.21. The van der Waals surface area contributed by atoms with Crippen LogP contribution in [-0.4, -0.2) is 62.2 Å². The number of likely N-dealkylation sites (tertiary alicyclic amines) is 1. The first-order valence-corrected chi connectivity index (χ1v) is 10.3. The smallest absolute Gasteiger partial charge is 0.261 e. The molecule has 140 valence electrons. The molecule has 1 aromatic carbocycles. The lowest BCUT2D eigenvalue weighted by Crippen LogP contribution is -2.38. The van der Waals surface area contributed by atoms with Crippen LogP contribution in [0.4, 0.5) is 0 Å². The Bertz CT molecular complexity index is 882. The van der Waals surface area contributed by atoms with Crippen molar-refractivity contribution in [1.29, 1.82) is 0 Å². The summed E-state index contributed by atoms with van der Waals surface area (Å²) in [6.45, 7) is 3.25. The largest absolute Gasteiger partial charge is 0.347 e. The van der Waals surface area contributed by atoms with E-state index < -0.39 is 0 Å². The fourth-order valence-corrected chi connectivity index (χ4v) is 4.66. The summed E-state index contributed by atoms with van der Waals surface area (Å²) in [6, 6.07) is 9.93. The molecule has 1 N–H and O–H groups in total. The number of hydrogen-bond donors (Lipinski definition) is 1. The number of carbonyl (C=O) groups is 2. The summed E-state index contributed by atoms with van der Waals surface area (Å²) in [4.78, 5) is 30.1. The molecule has 5 nitrogen and oxygen atoms in total. The highest BCUT2D eigenvalue weighted by Crippen LogP contribution is 2.22. The van der Waals surface area contributed by atoms with Gasteiger partial charge < -0.3 is 15.1 Å². The molecule has 27 heavy (non-hydrogen) atoms. The Morgan fingerprint density at radius 2 is 2.04 bits per heavy atom. The highest BCUT2D eigenvalue weighted by atomic mass is 32.1. The zero-order valence-corrected chi connectivity index (χ0v) is 16.6. The van der Waals surface area contributed by atoms with Gasteiger partial charge in [0, 0.05) is 37.8 Å². The molecule has 2 aromatic rings. The van der Waals surface area contributed by atoms with Gasteiger partial charge in [-0.2, -0.15) is 0 Å². The van der Waals surface area contributed by atoms with Crippen LogP contribution in [-0.2, 0) is 13.0 Å². The van der Waals surface area contributed by atoms with Gasteiger partial charge >= 0.3 is 0 Å². The lowest BCUT2D eigenvalue weighted by atomic mass is 9.97. The van der Waals surface area contributed by atoms with Crippen LogP contribution >= 0.6 is 11.3 Å². The number of thiophene rings is 1. The van der Waals surface area contributed by atoms with E-state index in [1.54, 1.807) is 0 Å². The van der Waals surface area contributed by atoms with Crippen molar-refractivity contribution in [3.05, 3.63) is 51.9 Å². The van der Waals surface area contributed by atoms with E-state index in [1.807, 2.05) is 30.9 Å². The summed E-state index contributed by atoms with van der Waals surface area (Å²) in [6.07, 6.45) is 1.80. The third-order valence-corrected chi connectivity index (χ3v) is 6.43. The van der Waals surface area contributed by atoms with Crippen LogP contribution in [0.5, 0.6) is 0 Å². The minimum atomic E-state index is -0.0368. The van der Waals surface area contributed by atoms with E-state index in [1.165, 1.54) is 22.5 Å². The van der Waals surface area contributed by atoms with Crippen molar-refractivity contribution < 1.29 is 9.59 Å². The van der Waals surface area contributed by atoms with E-state index in [-0.39, 0.29) is 17.9 Å². The van der Waals surface area contributed by atoms with Gasteiger partial charge in [-0.25, -0.2) is 0 Å². The zero-order chi connectivity index (χ0) is 19.0. The number of hydrogen-bond acceptors (Lipinski definition) is 4. The standard InChI is InChI=1S/C20H24BN3O2S/c1-23-8-6-13-10-14(2-3-15(13)11-23)20(26)24-9-7-16(12-24)22-19(25)17-4-5-18(21)27-17/h2-5,10,16H,6-9,11-12,21H2,1H3,(H,22,25). The number of fused-ring (bicyclic) bond motifs is 1. The van der Waals surface area contributed by atoms with E-state index >= 15 is 0 Å². The first kappa shape index (κ1) is 18.3. The summed E-state index contributed by atoms with van der Waals surface area (Å²) < 4.78 is 1.13. The Hall–Kier alpha value is -2.12. The van der Waals surface area contributed by atoms with Gasteiger partial charge in [0.05, 0.1) is 4.88 Å². The molecule has 0 aliphatic carbocycles. The number of nitrogens with zero attached hydrogens (tertiary/aromatic N) is 2. The van der Waals surface area contributed by atoms with Crippen LogP contribution in [0, 0.1) is 0 Å². The highest BCUT2D eigenvalue weighted by Gasteiger charge is 2.29. The summed E-state index contributed by atoms with van der Waals surface area (Å²) in [7, 11) is 4.12. The fraction of sp³-hybridized carbons (Fsp3) is 0.400. The molecular formula is C20H24BN3O2S. The summed E-state index contributed by atoms with van der Waals surface area (Å²) in [5, 5.41) is 3.07. The van der Waals surface area contributed by atoms with E-state index in [0.717, 1.165) is 41.1 Å². The van der Waals surface area contributed by atoms with Gasteiger partial charge in [0.1, 0.15) is 0 Å². The first-order valence-electron chi connectivity index (χ1n) is 9.46. The maximum absolute atomic E-state index is 12.9. The van der Waals surface area contributed by atoms with Crippen LogP contribution in [0.25, 0.3) is 0 Å². The third kappa shape index (κ3) is 3.94. The van der Waals surface area contributed by atoms with Gasteiger partial charge in [-0.1, -0.05) is 12.1 Å². The second kappa shape index (κ2) is 7.48. The molecule has 2 aliphatic heterocycles. The number of benzene rings is 1. The molecule has 2 amide bonds. The summed E-state index contributed by atoms with van der Waals surface area (Å²) in [5.41, 5.74) is 3.37. The van der Waals surface area contributed by atoms with Crippen molar-refractivity contribution in [2.45, 2.75) is 25.4 Å². The predicted molar refractivity (Wildman–Crippen MR) is 111 cm³/mol. The van der Waals surface area contributed by atoms with Crippen molar-refractivity contribution in [1.82, 2.24) is 15.1 Å². The fourth-order valence-electron chi connectivity index (χ4n) is 3.89. The maximum atomic E-state index is 12.9. The summed E-state index contributed by atoms with van der Waals surface area (Å²) >= 11 is 1.50. The SMILES string of the molecule is Bc1ccc(C(=O)NC2CCN(C(=O)c3ccc4c(c3)CCN(C)C4)C2)s1. The van der Waals surface area contributed by atoms with Gasteiger partial charge in [0.15, 0.2) is 7.85 Å². The van der Waals surface area contributed by atoms with Crippen molar-refractivity contribution in [3.63, 3.8) is 0 Å². The molecule has 7 heteroatoms. The van der Waals surface area contributed by atoms with E-state index in [2.05, 4.69) is 29.4 Å². The van der Waals surface area contributed by atoms with Crippen molar-refractivity contribution in [3.8, 4) is 0 Å². The lowest BCUT2D eigenvalue weighted by Gasteiger charge is -2.25. The van der Waals surface area contributed by atoms with Gasteiger partial charge in [-0.15, -0.1) is 11.3 Å². The number of amides is 2. The zero-order valence-electron chi connectivity index (χ0n) is 15.8. The Morgan fingerprint density at radius 1 is 1.19 bits per heavy atom. The van der Waals surface area contributed by atoms with E-state index in [4.69, 9.17) is 0 Å². The van der Waals surface area contributed by atoms with Crippen LogP contribution in [0.2, 0.25) is 0 Å². The van der Waals surface area contributed by atoms with Gasteiger partial charge in [-0.05, 0) is 54.0 Å². The first-order chi connectivity index (χ1) is 13.0. The quantitative estimate of drug-likeness (QED) is 0.794. The Labute approximate surface area is 164 Å². The normalized spacial score (nSPS) is 19.7. The van der Waals surface area contributed by atoms with Crippen molar-refractivity contribution in [2.24, 2.45) is 0 Å². The Morgan fingerprint density at radius 3 is 2.81 bits per heavy atom. The summed E-state index contributed by atoms with van der Waals surface area (Å²) in [5.74, 6) is 0.0331. The van der Waals surface area contributed by atoms with Gasteiger partial charge in [-0.3, -0.25) is 9.59 Å². The Kier molecular flexibility index (Phi) is 5.06. The maximum Gasteiger partial charge on any atom is 0.261 e. The molecule has 0 bridgehead atoms. The van der Waals surface area contributed by atoms with E-state index in [9.17, 15) is 9.59 Å². The Balaban J connectivity index is 1.38. The molecule has 4 rings (SSSR count). The molecule has 1 fully saturated rings. The van der Waals surface area contributed by atoms with Crippen LogP contribution < -0.4 is 10.1 Å². The van der Waals surface area contributed by atoms with E-state index in [0.29, 0.717) is 13.1 Å². The number of carbonyl (C=O) groups excluding carboxylic acids is 2. The lowest BCUT2D eigenvalue weighted by molar-refractivity contribution is 0.0783. The molecule has 0 radical (unpaired) electrons. The molecule has 2 aliphatic rings. The minimum Gasteiger partial charge on any atom is -0.347 e. The number of nitrogens with one attached hydrogen (secondary N) is 1. The number of likely N-dealkylation sites (N-methyl/N-ethyl adjacent to an activating group) is 1. The van der Waals surface area contributed by atoms with Crippen molar-refractivity contribution >= 4 is 35.8 Å². The predicted octanol–water partition coefficient (Wildman–Crippen LogP) is 0.639. The third-order valence-electron chi connectivity index (χ3n) is 5.43. The van der Waals surface area contributed by atoms with Gasteiger partial charge in [0.25, 0.3) is 11.8 Å². The average molecular weight is 381 g/mol. The van der Waals surface area contributed by atoms with Crippen LogP contribution in [0.15, 0.2) is 30.3 Å². The molecule has 1 atom stereocenters. The monoisotopic (exact) mass is 381 g/mol. The minimum absolute atomic E-state index is 0.0233. The molecule has 0 spiro atoms. The van der Waals surface area contributed by atoms with Gasteiger partial charge in [0.2, 0.25) is 0 Å².